The maximum atomic E-state index is 8.94. The molecule has 2 aliphatic rings. The molecule has 16 heavy (non-hydrogen) atoms. The van der Waals surface area contributed by atoms with Crippen molar-refractivity contribution in [2.45, 2.75) is 18.3 Å². The first-order valence-electron chi connectivity index (χ1n) is 5.23. The van der Waals surface area contributed by atoms with Crippen molar-refractivity contribution in [3.05, 3.63) is 33.8 Å². The Bertz CT molecular complexity index is 465. The van der Waals surface area contributed by atoms with E-state index < -0.39 is 0 Å². The summed E-state index contributed by atoms with van der Waals surface area (Å²) in [6.45, 7) is 2.09. The van der Waals surface area contributed by atoms with Crippen LogP contribution in [0.3, 0.4) is 0 Å². The molecule has 4 heteroatoms. The Morgan fingerprint density at radius 2 is 1.88 bits per heavy atom. The Morgan fingerprint density at radius 1 is 1.25 bits per heavy atom. The average molecular weight is 255 g/mol. The van der Waals surface area contributed by atoms with E-state index in [0.717, 1.165) is 13.1 Å². The lowest BCUT2D eigenvalue weighted by Gasteiger charge is -2.19. The van der Waals surface area contributed by atoms with E-state index in [1.807, 2.05) is 12.1 Å². The lowest BCUT2D eigenvalue weighted by atomic mass is 9.98. The minimum absolute atomic E-state index is 0. The summed E-state index contributed by atoms with van der Waals surface area (Å²) in [6, 6.07) is 6.13. The number of piperidine rings is 1. The summed E-state index contributed by atoms with van der Waals surface area (Å²) in [7, 11) is 0. The second-order valence-electron chi connectivity index (χ2n) is 4.36. The third-order valence-electron chi connectivity index (χ3n) is 3.52. The van der Waals surface area contributed by atoms with E-state index in [4.69, 9.17) is 16.9 Å². The Hall–Kier alpha value is -0.750. The van der Waals surface area contributed by atoms with Crippen LogP contribution >= 0.6 is 24.0 Å². The summed E-state index contributed by atoms with van der Waals surface area (Å²) in [5.41, 5.74) is 3.31. The molecule has 2 unspecified atom stereocenters. The summed E-state index contributed by atoms with van der Waals surface area (Å²) < 4.78 is 0. The fraction of sp³-hybridized carbons (Fsp3) is 0.417. The third-order valence-corrected chi connectivity index (χ3v) is 3.84. The number of halogens is 2. The maximum Gasteiger partial charge on any atom is 0.101 e. The van der Waals surface area contributed by atoms with E-state index in [9.17, 15) is 0 Å². The summed E-state index contributed by atoms with van der Waals surface area (Å²) in [6.07, 6.45) is 1.22. The molecule has 2 atom stereocenters. The molecule has 1 aliphatic heterocycles. The monoisotopic (exact) mass is 254 g/mol. The van der Waals surface area contributed by atoms with Crippen LogP contribution in [0, 0.1) is 11.3 Å². The van der Waals surface area contributed by atoms with Crippen LogP contribution in [-0.2, 0) is 0 Å². The number of hydrogen-bond acceptors (Lipinski definition) is 2. The molecule has 1 saturated heterocycles. The van der Waals surface area contributed by atoms with E-state index in [1.54, 1.807) is 0 Å². The molecule has 1 fully saturated rings. The van der Waals surface area contributed by atoms with Crippen LogP contribution in [0.2, 0.25) is 5.02 Å². The molecule has 0 saturated carbocycles. The molecule has 84 valence electrons. The fourth-order valence-corrected chi connectivity index (χ4v) is 3.03. The molecule has 1 aromatic carbocycles. The number of hydrogen-bond donors (Lipinski definition) is 1. The average Bonchev–Trinajstić information content (AvgIpc) is 2.50. The van der Waals surface area contributed by atoms with E-state index in [0.29, 0.717) is 22.4 Å². The number of fused-ring (bicyclic) bond motifs is 5. The van der Waals surface area contributed by atoms with Crippen molar-refractivity contribution in [1.29, 1.82) is 5.26 Å². The van der Waals surface area contributed by atoms with E-state index in [-0.39, 0.29) is 12.4 Å². The Labute approximate surface area is 106 Å². The smallest absolute Gasteiger partial charge is 0.101 e. The second kappa shape index (κ2) is 4.25. The van der Waals surface area contributed by atoms with Gasteiger partial charge in [0.05, 0.1) is 10.6 Å². The first kappa shape index (κ1) is 11.7. The molecule has 0 amide bonds. The number of nitriles is 1. The van der Waals surface area contributed by atoms with Crippen molar-refractivity contribution in [2.24, 2.45) is 0 Å². The normalized spacial score (nSPS) is 25.5. The molecular formula is C12H12Cl2N2. The van der Waals surface area contributed by atoms with Gasteiger partial charge in [-0.05, 0) is 41.5 Å². The van der Waals surface area contributed by atoms with Crippen molar-refractivity contribution < 1.29 is 0 Å². The first-order valence-corrected chi connectivity index (χ1v) is 5.61. The Morgan fingerprint density at radius 3 is 2.50 bits per heavy atom. The third kappa shape index (κ3) is 1.60. The van der Waals surface area contributed by atoms with Crippen molar-refractivity contribution >= 4 is 24.0 Å². The van der Waals surface area contributed by atoms with Crippen LogP contribution < -0.4 is 5.32 Å². The molecule has 0 aromatic heterocycles. The lowest BCUT2D eigenvalue weighted by molar-refractivity contribution is 0.454. The molecule has 0 spiro atoms. The molecule has 0 radical (unpaired) electrons. The summed E-state index contributed by atoms with van der Waals surface area (Å²) >= 11 is 6.06. The molecule has 2 nitrogen and oxygen atoms in total. The van der Waals surface area contributed by atoms with Gasteiger partial charge in [0.15, 0.2) is 0 Å². The standard InChI is InChI=1S/C12H11ClN2.ClH/c13-12-3-11-9-1-8(5-15-6-9)10(11)2-7(12)4-14;/h2-3,8-9,15H,1,5-6H2;1H. The van der Waals surface area contributed by atoms with Gasteiger partial charge in [0, 0.05) is 13.1 Å². The van der Waals surface area contributed by atoms with Crippen LogP contribution in [0.5, 0.6) is 0 Å². The van der Waals surface area contributed by atoms with Crippen LogP contribution in [0.1, 0.15) is 34.9 Å². The quantitative estimate of drug-likeness (QED) is 0.773. The highest BCUT2D eigenvalue weighted by molar-refractivity contribution is 6.31. The number of nitrogens with zero attached hydrogens (tertiary/aromatic N) is 1. The molecular weight excluding hydrogens is 243 g/mol. The van der Waals surface area contributed by atoms with Crippen molar-refractivity contribution in [3.8, 4) is 6.07 Å². The maximum absolute atomic E-state index is 8.94. The van der Waals surface area contributed by atoms with Crippen LogP contribution in [0.4, 0.5) is 0 Å². The summed E-state index contributed by atoms with van der Waals surface area (Å²) in [5, 5.41) is 13.0. The van der Waals surface area contributed by atoms with Gasteiger partial charge >= 0.3 is 0 Å². The van der Waals surface area contributed by atoms with Gasteiger partial charge in [-0.25, -0.2) is 0 Å². The molecule has 2 bridgehead atoms. The minimum atomic E-state index is 0. The van der Waals surface area contributed by atoms with Crippen molar-refractivity contribution in [2.75, 3.05) is 13.1 Å². The van der Waals surface area contributed by atoms with E-state index in [1.165, 1.54) is 17.5 Å². The van der Waals surface area contributed by atoms with Gasteiger partial charge in [-0.1, -0.05) is 11.6 Å². The molecule has 1 heterocycles. The topological polar surface area (TPSA) is 35.8 Å². The zero-order chi connectivity index (χ0) is 10.4. The van der Waals surface area contributed by atoms with Gasteiger partial charge in [-0.3, -0.25) is 0 Å². The van der Waals surface area contributed by atoms with E-state index in [2.05, 4.69) is 11.4 Å². The van der Waals surface area contributed by atoms with Gasteiger partial charge in [0.25, 0.3) is 0 Å². The predicted octanol–water partition coefficient (Wildman–Crippen LogP) is 2.81. The van der Waals surface area contributed by atoms with Gasteiger partial charge in [-0.15, -0.1) is 12.4 Å². The highest BCUT2D eigenvalue weighted by Gasteiger charge is 2.34. The van der Waals surface area contributed by atoms with Gasteiger partial charge < -0.3 is 5.32 Å². The van der Waals surface area contributed by atoms with Crippen molar-refractivity contribution in [3.63, 3.8) is 0 Å². The van der Waals surface area contributed by atoms with Gasteiger partial charge in [-0.2, -0.15) is 5.26 Å². The van der Waals surface area contributed by atoms with Gasteiger partial charge in [0.1, 0.15) is 6.07 Å². The number of benzene rings is 1. The minimum Gasteiger partial charge on any atom is -0.316 e. The largest absolute Gasteiger partial charge is 0.316 e. The second-order valence-corrected chi connectivity index (χ2v) is 4.77. The van der Waals surface area contributed by atoms with E-state index >= 15 is 0 Å². The molecule has 3 rings (SSSR count). The summed E-state index contributed by atoms with van der Waals surface area (Å²) in [5.74, 6) is 1.19. The molecule has 1 aromatic rings. The SMILES string of the molecule is Cl.N#Cc1cc2c(cc1Cl)C1CNCC2C1. The van der Waals surface area contributed by atoms with Crippen LogP contribution in [-0.4, -0.2) is 13.1 Å². The highest BCUT2D eigenvalue weighted by atomic mass is 35.5. The number of rotatable bonds is 0. The molecule has 1 N–H and O–H groups in total. The molecule has 1 aliphatic carbocycles. The first-order chi connectivity index (χ1) is 7.29. The lowest BCUT2D eigenvalue weighted by Crippen LogP contribution is -2.28. The van der Waals surface area contributed by atoms with Gasteiger partial charge in [0.2, 0.25) is 0 Å². The predicted molar refractivity (Wildman–Crippen MR) is 66.4 cm³/mol. The van der Waals surface area contributed by atoms with Crippen LogP contribution in [0.25, 0.3) is 0 Å². The Kier molecular flexibility index (Phi) is 3.12. The van der Waals surface area contributed by atoms with Crippen LogP contribution in [0.15, 0.2) is 12.1 Å². The fourth-order valence-electron chi connectivity index (χ4n) is 2.81. The van der Waals surface area contributed by atoms with Crippen molar-refractivity contribution in [1.82, 2.24) is 5.32 Å². The number of nitrogens with one attached hydrogen (secondary N) is 1. The summed E-state index contributed by atoms with van der Waals surface area (Å²) in [4.78, 5) is 0. The highest BCUT2D eigenvalue weighted by Crippen LogP contribution is 2.45. The Balaban J connectivity index is 0.000000963. The zero-order valence-corrected chi connectivity index (χ0v) is 10.2. The zero-order valence-electron chi connectivity index (χ0n) is 8.66.